The van der Waals surface area contributed by atoms with Gasteiger partial charge in [0.15, 0.2) is 0 Å². The predicted molar refractivity (Wildman–Crippen MR) is 65.7 cm³/mol. The van der Waals surface area contributed by atoms with Crippen molar-refractivity contribution in [2.24, 2.45) is 0 Å². The molecule has 0 radical (unpaired) electrons. The number of nitrogens with two attached hydrogens (primary N) is 1. The zero-order chi connectivity index (χ0) is 13.1. The molecule has 0 spiro atoms. The lowest BCUT2D eigenvalue weighted by Gasteiger charge is -2.26. The molecular formula is C9H14N6O3. The summed E-state index contributed by atoms with van der Waals surface area (Å²) in [6.45, 7) is 2.44. The van der Waals surface area contributed by atoms with Gasteiger partial charge in [-0.1, -0.05) is 0 Å². The second-order valence-corrected chi connectivity index (χ2v) is 3.71. The highest BCUT2D eigenvalue weighted by atomic mass is 16.6. The predicted octanol–water partition coefficient (Wildman–Crippen LogP) is -0.155. The van der Waals surface area contributed by atoms with Crippen LogP contribution < -0.4 is 16.0 Å². The second kappa shape index (κ2) is 5.00. The summed E-state index contributed by atoms with van der Waals surface area (Å²) < 4.78 is 5.22. The molecule has 0 bridgehead atoms. The van der Waals surface area contributed by atoms with E-state index in [0.29, 0.717) is 32.3 Å². The SMILES string of the molecule is CNc1nc(N2CCOCC2)nc(N)c1[N+](=O)[O-]. The number of morpholine rings is 1. The number of hydrogen-bond acceptors (Lipinski definition) is 8. The number of hydrogen-bond donors (Lipinski definition) is 2. The van der Waals surface area contributed by atoms with E-state index in [1.54, 1.807) is 7.05 Å². The molecule has 0 atom stereocenters. The molecule has 0 unspecified atom stereocenters. The van der Waals surface area contributed by atoms with Crippen LogP contribution in [0.1, 0.15) is 0 Å². The summed E-state index contributed by atoms with van der Waals surface area (Å²) in [5, 5.41) is 13.5. The van der Waals surface area contributed by atoms with E-state index in [9.17, 15) is 10.1 Å². The van der Waals surface area contributed by atoms with E-state index in [1.165, 1.54) is 0 Å². The zero-order valence-electron chi connectivity index (χ0n) is 9.92. The zero-order valence-corrected chi connectivity index (χ0v) is 9.92. The number of ether oxygens (including phenoxy) is 1. The van der Waals surface area contributed by atoms with Gasteiger partial charge in [-0.2, -0.15) is 9.97 Å². The van der Waals surface area contributed by atoms with E-state index in [2.05, 4.69) is 15.3 Å². The van der Waals surface area contributed by atoms with Crippen LogP contribution in [0, 0.1) is 10.1 Å². The lowest BCUT2D eigenvalue weighted by molar-refractivity contribution is -0.383. The molecule has 1 aliphatic heterocycles. The summed E-state index contributed by atoms with van der Waals surface area (Å²) in [6, 6.07) is 0. The number of anilines is 3. The quantitative estimate of drug-likeness (QED) is 0.564. The molecule has 3 N–H and O–H groups in total. The third-order valence-corrected chi connectivity index (χ3v) is 2.61. The summed E-state index contributed by atoms with van der Waals surface area (Å²) in [5.74, 6) is 0.362. The standard InChI is InChI=1S/C9H14N6O3/c1-11-8-6(15(16)17)7(10)12-9(13-8)14-2-4-18-5-3-14/h2-5H2,1H3,(H3,10,11,12,13). The first-order chi connectivity index (χ1) is 8.63. The monoisotopic (exact) mass is 254 g/mol. The number of nitrogens with zero attached hydrogens (tertiary/aromatic N) is 4. The Bertz CT molecular complexity index is 460. The van der Waals surface area contributed by atoms with Gasteiger partial charge in [0.05, 0.1) is 18.1 Å². The Morgan fingerprint density at radius 3 is 2.67 bits per heavy atom. The fraction of sp³-hybridized carbons (Fsp3) is 0.556. The van der Waals surface area contributed by atoms with Crippen LogP contribution >= 0.6 is 0 Å². The normalized spacial score (nSPS) is 15.5. The summed E-state index contributed by atoms with van der Waals surface area (Å²) in [7, 11) is 1.55. The van der Waals surface area contributed by atoms with Gasteiger partial charge in [-0.05, 0) is 0 Å². The Morgan fingerprint density at radius 1 is 1.44 bits per heavy atom. The van der Waals surface area contributed by atoms with Crippen LogP contribution in [-0.4, -0.2) is 48.2 Å². The number of nitrogens with one attached hydrogen (secondary N) is 1. The van der Waals surface area contributed by atoms with E-state index >= 15 is 0 Å². The number of aromatic nitrogens is 2. The van der Waals surface area contributed by atoms with E-state index in [0.717, 1.165) is 0 Å². The minimum Gasteiger partial charge on any atom is -0.378 e. The fourth-order valence-electron chi connectivity index (χ4n) is 1.72. The van der Waals surface area contributed by atoms with Gasteiger partial charge in [0.2, 0.25) is 17.6 Å². The first kappa shape index (κ1) is 12.3. The lowest BCUT2D eigenvalue weighted by atomic mass is 10.4. The Balaban J connectivity index is 2.38. The maximum atomic E-state index is 10.9. The Labute approximate surface area is 103 Å². The molecule has 1 saturated heterocycles. The van der Waals surface area contributed by atoms with Crippen LogP contribution in [0.25, 0.3) is 0 Å². The highest BCUT2D eigenvalue weighted by molar-refractivity contribution is 5.69. The van der Waals surface area contributed by atoms with Gasteiger partial charge in [-0.3, -0.25) is 10.1 Å². The van der Waals surface area contributed by atoms with Crippen molar-refractivity contribution in [3.05, 3.63) is 10.1 Å². The first-order valence-electron chi connectivity index (χ1n) is 5.46. The molecule has 2 heterocycles. The van der Waals surface area contributed by atoms with Crippen LogP contribution in [0.3, 0.4) is 0 Å². The van der Waals surface area contributed by atoms with Crippen molar-refractivity contribution < 1.29 is 9.66 Å². The minimum atomic E-state index is -0.593. The minimum absolute atomic E-state index is 0.119. The molecule has 0 aliphatic carbocycles. The number of nitro groups is 1. The molecule has 1 fully saturated rings. The van der Waals surface area contributed by atoms with Gasteiger partial charge in [-0.25, -0.2) is 0 Å². The molecule has 98 valence electrons. The molecule has 1 aromatic heterocycles. The molecule has 0 aromatic carbocycles. The molecular weight excluding hydrogens is 240 g/mol. The van der Waals surface area contributed by atoms with E-state index in [4.69, 9.17) is 10.5 Å². The second-order valence-electron chi connectivity index (χ2n) is 3.71. The molecule has 1 aliphatic rings. The van der Waals surface area contributed by atoms with Crippen molar-refractivity contribution in [2.45, 2.75) is 0 Å². The van der Waals surface area contributed by atoms with Crippen LogP contribution in [-0.2, 0) is 4.74 Å². The summed E-state index contributed by atoms with van der Waals surface area (Å²) in [4.78, 5) is 20.3. The highest BCUT2D eigenvalue weighted by Gasteiger charge is 2.24. The molecule has 2 rings (SSSR count). The van der Waals surface area contributed by atoms with Gasteiger partial charge in [0.25, 0.3) is 0 Å². The van der Waals surface area contributed by atoms with Crippen molar-refractivity contribution in [3.63, 3.8) is 0 Å². The molecule has 0 saturated carbocycles. The van der Waals surface area contributed by atoms with Crippen molar-refractivity contribution in [3.8, 4) is 0 Å². The van der Waals surface area contributed by atoms with Crippen LogP contribution in [0.15, 0.2) is 0 Å². The maximum absolute atomic E-state index is 10.9. The molecule has 1 aromatic rings. The van der Waals surface area contributed by atoms with Crippen molar-refractivity contribution in [1.82, 2.24) is 9.97 Å². The van der Waals surface area contributed by atoms with Gasteiger partial charge < -0.3 is 20.7 Å². The van der Waals surface area contributed by atoms with Crippen LogP contribution in [0.2, 0.25) is 0 Å². The maximum Gasteiger partial charge on any atom is 0.353 e. The van der Waals surface area contributed by atoms with E-state index in [-0.39, 0.29) is 17.3 Å². The van der Waals surface area contributed by atoms with Gasteiger partial charge in [0.1, 0.15) is 0 Å². The number of nitrogen functional groups attached to an aromatic ring is 1. The molecule has 0 amide bonds. The lowest BCUT2D eigenvalue weighted by Crippen LogP contribution is -2.37. The van der Waals surface area contributed by atoms with Gasteiger partial charge in [-0.15, -0.1) is 0 Å². The van der Waals surface area contributed by atoms with Gasteiger partial charge >= 0.3 is 5.69 Å². The van der Waals surface area contributed by atoms with Gasteiger partial charge in [0, 0.05) is 20.1 Å². The first-order valence-corrected chi connectivity index (χ1v) is 5.46. The largest absolute Gasteiger partial charge is 0.378 e. The van der Waals surface area contributed by atoms with Crippen molar-refractivity contribution in [1.29, 1.82) is 0 Å². The summed E-state index contributed by atoms with van der Waals surface area (Å²) in [5.41, 5.74) is 5.32. The topological polar surface area (TPSA) is 119 Å². The van der Waals surface area contributed by atoms with Crippen LogP contribution in [0.4, 0.5) is 23.3 Å². The highest BCUT2D eigenvalue weighted by Crippen LogP contribution is 2.29. The molecule has 9 heteroatoms. The van der Waals surface area contributed by atoms with Crippen molar-refractivity contribution >= 4 is 23.3 Å². The number of rotatable bonds is 3. The van der Waals surface area contributed by atoms with E-state index in [1.807, 2.05) is 4.90 Å². The molecule has 18 heavy (non-hydrogen) atoms. The average Bonchev–Trinajstić information content (AvgIpc) is 2.38. The average molecular weight is 254 g/mol. The van der Waals surface area contributed by atoms with Crippen molar-refractivity contribution in [2.75, 3.05) is 49.3 Å². The van der Waals surface area contributed by atoms with E-state index < -0.39 is 4.92 Å². The third-order valence-electron chi connectivity index (χ3n) is 2.61. The Hall–Kier alpha value is -2.16. The molecule has 9 nitrogen and oxygen atoms in total. The summed E-state index contributed by atoms with van der Waals surface area (Å²) >= 11 is 0. The fourth-order valence-corrected chi connectivity index (χ4v) is 1.72. The smallest absolute Gasteiger partial charge is 0.353 e. The summed E-state index contributed by atoms with van der Waals surface area (Å²) in [6.07, 6.45) is 0. The van der Waals surface area contributed by atoms with Crippen LogP contribution in [0.5, 0.6) is 0 Å². The Morgan fingerprint density at radius 2 is 2.11 bits per heavy atom. The Kier molecular flexibility index (Phi) is 3.42. The third kappa shape index (κ3) is 2.25.